The fraction of sp³-hybridized carbons (Fsp3) is 0.400. The Bertz CT molecular complexity index is 1150. The maximum absolute atomic E-state index is 13.8. The van der Waals surface area contributed by atoms with E-state index in [0.29, 0.717) is 40.8 Å². The summed E-state index contributed by atoms with van der Waals surface area (Å²) in [6.07, 6.45) is 3.79. The molecule has 0 radical (unpaired) electrons. The van der Waals surface area contributed by atoms with E-state index in [9.17, 15) is 13.2 Å². The van der Waals surface area contributed by atoms with Crippen molar-refractivity contribution >= 4 is 26.9 Å². The minimum Gasteiger partial charge on any atom is -0.487 e. The van der Waals surface area contributed by atoms with E-state index < -0.39 is 21.2 Å². The first-order valence-electron chi connectivity index (χ1n) is 11.1. The van der Waals surface area contributed by atoms with E-state index in [1.54, 1.807) is 24.3 Å². The van der Waals surface area contributed by atoms with Crippen LogP contribution in [-0.4, -0.2) is 30.7 Å². The Hall–Kier alpha value is -2.80. The number of carbonyl (C=O) groups excluding carboxylic acids is 1. The van der Waals surface area contributed by atoms with Crippen LogP contribution >= 0.6 is 0 Å². The summed E-state index contributed by atoms with van der Waals surface area (Å²) in [6, 6.07) is 16.0. The molecule has 32 heavy (non-hydrogen) atoms. The Balaban J connectivity index is 2.10. The molecule has 1 aromatic heterocycles. The van der Waals surface area contributed by atoms with Crippen LogP contribution in [0.2, 0.25) is 0 Å². The van der Waals surface area contributed by atoms with Crippen molar-refractivity contribution in [2.45, 2.75) is 57.8 Å². The van der Waals surface area contributed by atoms with E-state index in [1.807, 2.05) is 37.3 Å². The predicted molar refractivity (Wildman–Crippen MR) is 127 cm³/mol. The quantitative estimate of drug-likeness (QED) is 0.353. The summed E-state index contributed by atoms with van der Waals surface area (Å²) in [5.74, 6) is 0.199. The second-order valence-electron chi connectivity index (χ2n) is 7.86. The number of rotatable bonds is 11. The lowest BCUT2D eigenvalue weighted by molar-refractivity contribution is 0.0601. The van der Waals surface area contributed by atoms with Crippen molar-refractivity contribution in [2.24, 2.45) is 0 Å². The van der Waals surface area contributed by atoms with Gasteiger partial charge in [-0.05, 0) is 49.2 Å². The third kappa shape index (κ3) is 5.15. The maximum Gasteiger partial charge on any atom is 0.337 e. The fourth-order valence-electron chi connectivity index (χ4n) is 3.91. The van der Waals surface area contributed by atoms with Crippen molar-refractivity contribution in [1.29, 1.82) is 0 Å². The van der Waals surface area contributed by atoms with Crippen molar-refractivity contribution in [3.05, 3.63) is 65.9 Å². The molecule has 0 amide bonds. The molecule has 7 heteroatoms. The van der Waals surface area contributed by atoms with Gasteiger partial charge in [0.15, 0.2) is 0 Å². The SMILES string of the molecule is CCCCC(CCC)S(=O)(=O)n1c(COc2ccccc2)cc2cc(C(=O)OC)ccc21. The molecule has 6 nitrogen and oxygen atoms in total. The van der Waals surface area contributed by atoms with Crippen molar-refractivity contribution in [2.75, 3.05) is 7.11 Å². The molecule has 2 aromatic carbocycles. The molecule has 1 heterocycles. The highest BCUT2D eigenvalue weighted by molar-refractivity contribution is 7.90. The average Bonchev–Trinajstić information content (AvgIpc) is 3.18. The van der Waals surface area contributed by atoms with Crippen LogP contribution in [0.3, 0.4) is 0 Å². The number of hydrogen-bond donors (Lipinski definition) is 0. The lowest BCUT2D eigenvalue weighted by Gasteiger charge is -2.20. The molecule has 0 spiro atoms. The molecule has 0 N–H and O–H groups in total. The van der Waals surface area contributed by atoms with E-state index in [0.717, 1.165) is 19.3 Å². The molecule has 0 bridgehead atoms. The predicted octanol–water partition coefficient (Wildman–Crippen LogP) is 5.54. The Morgan fingerprint density at radius 2 is 1.75 bits per heavy atom. The third-order valence-electron chi connectivity index (χ3n) is 5.55. The molecule has 1 unspecified atom stereocenters. The van der Waals surface area contributed by atoms with Gasteiger partial charge in [0, 0.05) is 5.39 Å². The number of para-hydroxylation sites is 1. The fourth-order valence-corrected chi connectivity index (χ4v) is 6.08. The van der Waals surface area contributed by atoms with Crippen LogP contribution in [0.4, 0.5) is 0 Å². The summed E-state index contributed by atoms with van der Waals surface area (Å²) in [6.45, 7) is 4.16. The average molecular weight is 458 g/mol. The highest BCUT2D eigenvalue weighted by atomic mass is 32.2. The van der Waals surface area contributed by atoms with Crippen LogP contribution in [0, 0.1) is 0 Å². The van der Waals surface area contributed by atoms with Crippen molar-refractivity contribution < 1.29 is 22.7 Å². The van der Waals surface area contributed by atoms with Gasteiger partial charge in [0.05, 0.1) is 29.1 Å². The monoisotopic (exact) mass is 457 g/mol. The molecule has 0 aliphatic rings. The summed E-state index contributed by atoms with van der Waals surface area (Å²) >= 11 is 0. The Kier molecular flexibility index (Phi) is 7.96. The first-order chi connectivity index (χ1) is 15.4. The zero-order valence-electron chi connectivity index (χ0n) is 18.9. The largest absolute Gasteiger partial charge is 0.487 e. The number of unbranched alkanes of at least 4 members (excludes halogenated alkanes) is 1. The smallest absolute Gasteiger partial charge is 0.337 e. The van der Waals surface area contributed by atoms with Gasteiger partial charge in [-0.25, -0.2) is 17.2 Å². The van der Waals surface area contributed by atoms with Crippen LogP contribution < -0.4 is 4.74 Å². The van der Waals surface area contributed by atoms with Crippen molar-refractivity contribution in [3.8, 4) is 5.75 Å². The maximum atomic E-state index is 13.8. The zero-order valence-corrected chi connectivity index (χ0v) is 19.7. The van der Waals surface area contributed by atoms with E-state index in [2.05, 4.69) is 6.92 Å². The summed E-state index contributed by atoms with van der Waals surface area (Å²) in [4.78, 5) is 12.0. The first kappa shape index (κ1) is 23.9. The van der Waals surface area contributed by atoms with Crippen LogP contribution in [-0.2, 0) is 21.4 Å². The second kappa shape index (κ2) is 10.7. The minimum atomic E-state index is -3.67. The molecule has 0 aliphatic carbocycles. The highest BCUT2D eigenvalue weighted by Gasteiger charge is 2.30. The number of carbonyl (C=O) groups is 1. The summed E-state index contributed by atoms with van der Waals surface area (Å²) in [5.41, 5.74) is 1.45. The molecule has 0 saturated carbocycles. The van der Waals surface area contributed by atoms with Crippen molar-refractivity contribution in [3.63, 3.8) is 0 Å². The standard InChI is InChI=1S/C25H31NO5S/c1-4-6-13-23(10-5-2)32(28,29)26-21(18-31-22-11-8-7-9-12-22)17-20-16-19(25(27)30-3)14-15-24(20)26/h7-9,11-12,14-17,23H,4-6,10,13,18H2,1-3H3. The number of hydrogen-bond acceptors (Lipinski definition) is 5. The van der Waals surface area contributed by atoms with Gasteiger partial charge in [0.2, 0.25) is 10.0 Å². The van der Waals surface area contributed by atoms with E-state index in [-0.39, 0.29) is 6.61 Å². The van der Waals surface area contributed by atoms with Gasteiger partial charge in [-0.3, -0.25) is 0 Å². The molecular weight excluding hydrogens is 426 g/mol. The summed E-state index contributed by atoms with van der Waals surface area (Å²) in [7, 11) is -2.35. The number of esters is 1. The molecule has 0 aliphatic heterocycles. The molecule has 1 atom stereocenters. The number of nitrogens with zero attached hydrogens (tertiary/aromatic N) is 1. The highest BCUT2D eigenvalue weighted by Crippen LogP contribution is 2.29. The number of benzene rings is 2. The number of fused-ring (bicyclic) bond motifs is 1. The van der Waals surface area contributed by atoms with Gasteiger partial charge < -0.3 is 9.47 Å². The Labute approximate surface area is 190 Å². The summed E-state index contributed by atoms with van der Waals surface area (Å²) < 4.78 is 39.8. The summed E-state index contributed by atoms with van der Waals surface area (Å²) in [5, 5.41) is 0.188. The molecule has 172 valence electrons. The zero-order chi connectivity index (χ0) is 23.1. The topological polar surface area (TPSA) is 74.6 Å². The van der Waals surface area contributed by atoms with Gasteiger partial charge in [-0.15, -0.1) is 0 Å². The van der Waals surface area contributed by atoms with Crippen LogP contribution in [0.5, 0.6) is 5.75 Å². The molecule has 0 saturated heterocycles. The van der Waals surface area contributed by atoms with Crippen LogP contribution in [0.1, 0.15) is 62.0 Å². The van der Waals surface area contributed by atoms with E-state index in [4.69, 9.17) is 9.47 Å². The number of aromatic nitrogens is 1. The third-order valence-corrected chi connectivity index (χ3v) is 7.80. The molecule has 3 rings (SSSR count). The Morgan fingerprint density at radius 3 is 2.41 bits per heavy atom. The number of ether oxygens (including phenoxy) is 2. The molecule has 0 fully saturated rings. The molecular formula is C25H31NO5S. The first-order valence-corrected chi connectivity index (χ1v) is 12.6. The van der Waals surface area contributed by atoms with Crippen LogP contribution in [0.25, 0.3) is 10.9 Å². The van der Waals surface area contributed by atoms with E-state index >= 15 is 0 Å². The van der Waals surface area contributed by atoms with Crippen LogP contribution in [0.15, 0.2) is 54.6 Å². The normalized spacial score (nSPS) is 12.6. The number of methoxy groups -OCH3 is 1. The molecule has 3 aromatic rings. The lowest BCUT2D eigenvalue weighted by atomic mass is 10.1. The van der Waals surface area contributed by atoms with Gasteiger partial charge in [-0.2, -0.15) is 0 Å². The van der Waals surface area contributed by atoms with Gasteiger partial charge in [0.1, 0.15) is 12.4 Å². The van der Waals surface area contributed by atoms with Gasteiger partial charge in [-0.1, -0.05) is 51.3 Å². The van der Waals surface area contributed by atoms with Gasteiger partial charge >= 0.3 is 5.97 Å². The van der Waals surface area contributed by atoms with Gasteiger partial charge in [0.25, 0.3) is 0 Å². The Morgan fingerprint density at radius 1 is 1.00 bits per heavy atom. The van der Waals surface area contributed by atoms with Crippen molar-refractivity contribution in [1.82, 2.24) is 3.97 Å². The second-order valence-corrected chi connectivity index (χ2v) is 9.93. The minimum absolute atomic E-state index is 0.0953. The lowest BCUT2D eigenvalue weighted by Crippen LogP contribution is -2.29. The van der Waals surface area contributed by atoms with E-state index in [1.165, 1.54) is 11.1 Å².